The molecule has 0 radical (unpaired) electrons. The van der Waals surface area contributed by atoms with Crippen LogP contribution in [-0.4, -0.2) is 56.3 Å². The lowest BCUT2D eigenvalue weighted by Gasteiger charge is -2.26. The summed E-state index contributed by atoms with van der Waals surface area (Å²) in [4.78, 5) is 17.8. The molecule has 1 N–H and O–H groups in total. The number of thioether (sulfide) groups is 1. The van der Waals surface area contributed by atoms with Gasteiger partial charge in [0.2, 0.25) is 0 Å². The van der Waals surface area contributed by atoms with E-state index in [1.165, 1.54) is 11.8 Å². The molecule has 0 saturated carbocycles. The van der Waals surface area contributed by atoms with E-state index in [4.69, 9.17) is 4.74 Å². The number of likely N-dealkylation sites (N-methyl/N-ethyl adjacent to an activating group) is 1. The molecule has 2 aromatic rings. The molecule has 2 aromatic carbocycles. The van der Waals surface area contributed by atoms with Gasteiger partial charge in [-0.2, -0.15) is 0 Å². The number of amides is 1. The molecule has 138 valence electrons. The molecule has 2 atom stereocenters. The molecule has 3 rings (SSSR count). The van der Waals surface area contributed by atoms with E-state index in [1.807, 2.05) is 67.5 Å². The Kier molecular flexibility index (Phi) is 5.86. The average Bonchev–Trinajstić information content (AvgIpc) is 2.76. The number of nitrogens with zero attached hydrogens (tertiary/aromatic N) is 2. The summed E-state index contributed by atoms with van der Waals surface area (Å²) >= 11 is 1.53. The summed E-state index contributed by atoms with van der Waals surface area (Å²) in [6, 6.07) is 15.4. The minimum absolute atomic E-state index is 0.259. The highest BCUT2D eigenvalue weighted by Gasteiger charge is 2.37. The summed E-state index contributed by atoms with van der Waals surface area (Å²) in [5, 5.41) is 10.5. The van der Waals surface area contributed by atoms with E-state index >= 15 is 0 Å². The molecule has 0 aliphatic carbocycles. The third-order valence-electron chi connectivity index (χ3n) is 4.43. The number of para-hydroxylation sites is 1. The van der Waals surface area contributed by atoms with Crippen LogP contribution >= 0.6 is 11.8 Å². The highest BCUT2D eigenvalue weighted by atomic mass is 32.2. The third-order valence-corrected chi connectivity index (χ3v) is 5.81. The van der Waals surface area contributed by atoms with Gasteiger partial charge in [0.05, 0.1) is 18.0 Å². The number of aliphatic hydroxyl groups is 1. The van der Waals surface area contributed by atoms with Gasteiger partial charge in [-0.15, -0.1) is 11.8 Å². The summed E-state index contributed by atoms with van der Waals surface area (Å²) in [6.07, 6.45) is -1.11. The molecule has 5 nitrogen and oxygen atoms in total. The Labute approximate surface area is 158 Å². The number of carbonyl (C=O) groups excluding carboxylic acids is 1. The van der Waals surface area contributed by atoms with Crippen LogP contribution in [0.25, 0.3) is 0 Å². The molecule has 1 amide bonds. The zero-order valence-electron chi connectivity index (χ0n) is 15.3. The molecule has 0 bridgehead atoms. The molecule has 1 heterocycles. The second kappa shape index (κ2) is 8.12. The van der Waals surface area contributed by atoms with Crippen LogP contribution in [0.2, 0.25) is 0 Å². The number of hydrogen-bond donors (Lipinski definition) is 1. The van der Waals surface area contributed by atoms with Crippen molar-refractivity contribution in [1.29, 1.82) is 0 Å². The van der Waals surface area contributed by atoms with Crippen molar-refractivity contribution in [2.75, 3.05) is 39.2 Å². The van der Waals surface area contributed by atoms with E-state index in [1.54, 1.807) is 12.0 Å². The maximum atomic E-state index is 13.0. The molecule has 0 spiro atoms. The normalized spacial score (nSPS) is 20.0. The molecular weight excluding hydrogens is 348 g/mol. The van der Waals surface area contributed by atoms with Crippen molar-refractivity contribution in [3.63, 3.8) is 0 Å². The summed E-state index contributed by atoms with van der Waals surface area (Å²) in [5.74, 6) is 0.492. The van der Waals surface area contributed by atoms with Gasteiger partial charge in [0, 0.05) is 18.0 Å². The molecule has 1 aliphatic heterocycles. The van der Waals surface area contributed by atoms with Crippen LogP contribution in [0.3, 0.4) is 0 Å². The zero-order chi connectivity index (χ0) is 18.7. The molecule has 0 fully saturated rings. The minimum atomic E-state index is -1.11. The van der Waals surface area contributed by atoms with E-state index < -0.39 is 6.10 Å². The number of anilines is 1. The van der Waals surface area contributed by atoms with Crippen molar-refractivity contribution in [2.45, 2.75) is 16.2 Å². The number of benzene rings is 2. The highest BCUT2D eigenvalue weighted by Crippen LogP contribution is 2.45. The van der Waals surface area contributed by atoms with Gasteiger partial charge in [-0.3, -0.25) is 4.79 Å². The van der Waals surface area contributed by atoms with Gasteiger partial charge in [-0.1, -0.05) is 24.3 Å². The number of rotatable bonds is 5. The first-order chi connectivity index (χ1) is 12.5. The van der Waals surface area contributed by atoms with Crippen LogP contribution in [-0.2, 0) is 4.79 Å². The highest BCUT2D eigenvalue weighted by molar-refractivity contribution is 7.99. The maximum absolute atomic E-state index is 13.0. The lowest BCUT2D eigenvalue weighted by molar-refractivity contribution is -0.126. The van der Waals surface area contributed by atoms with Crippen LogP contribution in [0.15, 0.2) is 53.4 Å². The third kappa shape index (κ3) is 3.87. The Morgan fingerprint density at radius 1 is 1.15 bits per heavy atom. The van der Waals surface area contributed by atoms with Crippen molar-refractivity contribution in [1.82, 2.24) is 4.90 Å². The van der Waals surface area contributed by atoms with Crippen LogP contribution in [0.1, 0.15) is 10.8 Å². The predicted octanol–water partition coefficient (Wildman–Crippen LogP) is 2.80. The number of fused-ring (bicyclic) bond motifs is 1. The Morgan fingerprint density at radius 2 is 1.85 bits per heavy atom. The Morgan fingerprint density at radius 3 is 2.50 bits per heavy atom. The second-order valence-electron chi connectivity index (χ2n) is 6.52. The number of methoxy groups -OCH3 is 1. The first kappa shape index (κ1) is 18.8. The van der Waals surface area contributed by atoms with E-state index in [9.17, 15) is 9.90 Å². The average molecular weight is 372 g/mol. The molecule has 0 saturated heterocycles. The largest absolute Gasteiger partial charge is 0.497 e. The topological polar surface area (TPSA) is 53.0 Å². The van der Waals surface area contributed by atoms with Crippen LogP contribution < -0.4 is 9.64 Å². The van der Waals surface area contributed by atoms with Gasteiger partial charge < -0.3 is 19.6 Å². The lowest BCUT2D eigenvalue weighted by Crippen LogP contribution is -2.43. The minimum Gasteiger partial charge on any atom is -0.497 e. The predicted molar refractivity (Wildman–Crippen MR) is 105 cm³/mol. The number of aliphatic hydroxyl groups excluding tert-OH is 1. The molecule has 1 unspecified atom stereocenters. The van der Waals surface area contributed by atoms with Gasteiger partial charge >= 0.3 is 0 Å². The SMILES string of the molecule is COc1ccc([C@@H]2Sc3ccccc3N(CCN(C)C)C(=O)C2O)cc1. The van der Waals surface area contributed by atoms with Crippen molar-refractivity contribution in [3.8, 4) is 5.75 Å². The van der Waals surface area contributed by atoms with Gasteiger partial charge in [-0.05, 0) is 43.9 Å². The molecule has 0 aromatic heterocycles. The number of ether oxygens (including phenoxy) is 1. The van der Waals surface area contributed by atoms with Crippen molar-refractivity contribution in [2.24, 2.45) is 0 Å². The number of hydrogen-bond acceptors (Lipinski definition) is 5. The van der Waals surface area contributed by atoms with Crippen LogP contribution in [0, 0.1) is 0 Å². The molecule has 1 aliphatic rings. The molecular formula is C20H24N2O3S. The Bertz CT molecular complexity index is 764. The quantitative estimate of drug-likeness (QED) is 0.875. The van der Waals surface area contributed by atoms with Gasteiger partial charge in [0.15, 0.2) is 0 Å². The van der Waals surface area contributed by atoms with Crippen molar-refractivity contribution >= 4 is 23.4 Å². The fourth-order valence-corrected chi connectivity index (χ4v) is 4.23. The van der Waals surface area contributed by atoms with Crippen molar-refractivity contribution in [3.05, 3.63) is 54.1 Å². The van der Waals surface area contributed by atoms with E-state index in [0.29, 0.717) is 6.54 Å². The van der Waals surface area contributed by atoms with Gasteiger partial charge in [0.25, 0.3) is 5.91 Å². The summed E-state index contributed by atoms with van der Waals surface area (Å²) in [5.41, 5.74) is 1.76. The smallest absolute Gasteiger partial charge is 0.257 e. The maximum Gasteiger partial charge on any atom is 0.257 e. The van der Waals surface area contributed by atoms with Crippen molar-refractivity contribution < 1.29 is 14.6 Å². The summed E-state index contributed by atoms with van der Waals surface area (Å²) in [7, 11) is 5.56. The fourth-order valence-electron chi connectivity index (χ4n) is 2.96. The lowest BCUT2D eigenvalue weighted by atomic mass is 10.1. The Balaban J connectivity index is 1.97. The van der Waals surface area contributed by atoms with Gasteiger partial charge in [-0.25, -0.2) is 0 Å². The number of carbonyl (C=O) groups is 1. The zero-order valence-corrected chi connectivity index (χ0v) is 16.1. The standard InChI is InChI=1S/C20H24N2O3S/c1-21(2)12-13-22-16-6-4-5-7-17(16)26-19(18(23)20(22)24)14-8-10-15(25-3)11-9-14/h4-11,18-19,23H,12-13H2,1-3H3/t18?,19-/m0/s1. The van der Waals surface area contributed by atoms with E-state index in [0.717, 1.165) is 28.4 Å². The first-order valence-electron chi connectivity index (χ1n) is 8.55. The summed E-state index contributed by atoms with van der Waals surface area (Å²) < 4.78 is 5.21. The van der Waals surface area contributed by atoms with E-state index in [-0.39, 0.29) is 11.2 Å². The second-order valence-corrected chi connectivity index (χ2v) is 7.70. The van der Waals surface area contributed by atoms with E-state index in [2.05, 4.69) is 0 Å². The van der Waals surface area contributed by atoms with Crippen LogP contribution in [0.5, 0.6) is 5.75 Å². The molecule has 6 heteroatoms. The summed E-state index contributed by atoms with van der Waals surface area (Å²) in [6.45, 7) is 1.26. The van der Waals surface area contributed by atoms with Gasteiger partial charge in [0.1, 0.15) is 11.9 Å². The first-order valence-corrected chi connectivity index (χ1v) is 9.43. The fraction of sp³-hybridized carbons (Fsp3) is 0.350. The molecule has 26 heavy (non-hydrogen) atoms. The van der Waals surface area contributed by atoms with Crippen LogP contribution in [0.4, 0.5) is 5.69 Å². The monoisotopic (exact) mass is 372 g/mol. The Hall–Kier alpha value is -2.02.